The average molecular weight is 235 g/mol. The summed E-state index contributed by atoms with van der Waals surface area (Å²) in [6.07, 6.45) is 4.40. The van der Waals surface area contributed by atoms with Crippen molar-refractivity contribution >= 4 is 0 Å². The van der Waals surface area contributed by atoms with Gasteiger partial charge < -0.3 is 5.73 Å². The summed E-state index contributed by atoms with van der Waals surface area (Å²) in [5.74, 6) is 0. The van der Waals surface area contributed by atoms with Gasteiger partial charge in [0.25, 0.3) is 0 Å². The molecule has 0 spiro atoms. The van der Waals surface area contributed by atoms with E-state index in [1.165, 1.54) is 17.8 Å². The minimum Gasteiger partial charge on any atom is -0.325 e. The lowest BCUT2D eigenvalue weighted by molar-refractivity contribution is 0.288. The van der Waals surface area contributed by atoms with E-state index in [-0.39, 0.29) is 11.5 Å². The molecule has 1 heterocycles. The standard InChI is InChI=1S/C14H25N3/c1-5-10-9-11(6-2)17(16-10)12-7-8-14(3,4)13(12)15/h9,12-13H,5-8,15H2,1-4H3. The number of hydrogen-bond donors (Lipinski definition) is 1. The molecule has 2 N–H and O–H groups in total. The summed E-state index contributed by atoms with van der Waals surface area (Å²) >= 11 is 0. The van der Waals surface area contributed by atoms with Gasteiger partial charge in [-0.25, -0.2) is 0 Å². The predicted molar refractivity (Wildman–Crippen MR) is 71.0 cm³/mol. The minimum atomic E-state index is 0.220. The van der Waals surface area contributed by atoms with E-state index in [2.05, 4.69) is 38.4 Å². The van der Waals surface area contributed by atoms with Crippen molar-refractivity contribution in [2.75, 3.05) is 0 Å². The molecule has 0 bridgehead atoms. The maximum absolute atomic E-state index is 6.40. The largest absolute Gasteiger partial charge is 0.325 e. The summed E-state index contributed by atoms with van der Waals surface area (Å²) in [7, 11) is 0. The zero-order valence-electron chi connectivity index (χ0n) is 11.5. The molecule has 1 aromatic rings. The van der Waals surface area contributed by atoms with Crippen molar-refractivity contribution in [2.24, 2.45) is 11.1 Å². The van der Waals surface area contributed by atoms with E-state index in [0.29, 0.717) is 6.04 Å². The lowest BCUT2D eigenvalue weighted by atomic mass is 9.87. The monoisotopic (exact) mass is 235 g/mol. The van der Waals surface area contributed by atoms with Crippen molar-refractivity contribution in [2.45, 2.75) is 65.5 Å². The molecule has 1 fully saturated rings. The van der Waals surface area contributed by atoms with Crippen LogP contribution in [-0.4, -0.2) is 15.8 Å². The van der Waals surface area contributed by atoms with Crippen LogP contribution in [0.25, 0.3) is 0 Å². The van der Waals surface area contributed by atoms with E-state index in [0.717, 1.165) is 19.3 Å². The Morgan fingerprint density at radius 1 is 1.41 bits per heavy atom. The van der Waals surface area contributed by atoms with Crippen LogP contribution in [0.5, 0.6) is 0 Å². The lowest BCUT2D eigenvalue weighted by Gasteiger charge is -2.27. The Morgan fingerprint density at radius 3 is 2.59 bits per heavy atom. The van der Waals surface area contributed by atoms with Crippen LogP contribution in [-0.2, 0) is 12.8 Å². The zero-order valence-corrected chi connectivity index (χ0v) is 11.5. The summed E-state index contributed by atoms with van der Waals surface area (Å²) in [6.45, 7) is 8.89. The minimum absolute atomic E-state index is 0.220. The van der Waals surface area contributed by atoms with Crippen molar-refractivity contribution in [3.05, 3.63) is 17.5 Å². The van der Waals surface area contributed by atoms with Crippen molar-refractivity contribution in [3.8, 4) is 0 Å². The number of aromatic nitrogens is 2. The van der Waals surface area contributed by atoms with Gasteiger partial charge in [-0.15, -0.1) is 0 Å². The van der Waals surface area contributed by atoms with Gasteiger partial charge in [0, 0.05) is 11.7 Å². The molecule has 0 radical (unpaired) electrons. The highest BCUT2D eigenvalue weighted by Crippen LogP contribution is 2.42. The van der Waals surface area contributed by atoms with Crippen LogP contribution in [0.2, 0.25) is 0 Å². The molecule has 0 saturated heterocycles. The van der Waals surface area contributed by atoms with Crippen LogP contribution < -0.4 is 5.73 Å². The van der Waals surface area contributed by atoms with Gasteiger partial charge in [-0.05, 0) is 37.2 Å². The Balaban J connectivity index is 2.31. The molecule has 0 aromatic carbocycles. The third-order valence-corrected chi connectivity index (χ3v) is 4.30. The number of nitrogens with two attached hydrogens (primary N) is 1. The molecule has 1 aromatic heterocycles. The summed E-state index contributed by atoms with van der Waals surface area (Å²) in [5.41, 5.74) is 9.17. The fourth-order valence-electron chi connectivity index (χ4n) is 2.88. The molecule has 96 valence electrons. The first-order valence-electron chi connectivity index (χ1n) is 6.82. The molecule has 0 aliphatic heterocycles. The van der Waals surface area contributed by atoms with Crippen LogP contribution in [0.15, 0.2) is 6.07 Å². The molecular weight excluding hydrogens is 210 g/mol. The third kappa shape index (κ3) is 2.13. The van der Waals surface area contributed by atoms with E-state index in [9.17, 15) is 0 Å². The van der Waals surface area contributed by atoms with Crippen LogP contribution in [0, 0.1) is 5.41 Å². The summed E-state index contributed by atoms with van der Waals surface area (Å²) in [5, 5.41) is 4.73. The molecule has 1 saturated carbocycles. The molecule has 1 aliphatic rings. The maximum Gasteiger partial charge on any atom is 0.0678 e. The second-order valence-corrected chi connectivity index (χ2v) is 5.90. The van der Waals surface area contributed by atoms with E-state index in [1.54, 1.807) is 0 Å². The molecular formula is C14H25N3. The summed E-state index contributed by atoms with van der Waals surface area (Å²) < 4.78 is 2.21. The number of nitrogens with zero attached hydrogens (tertiary/aromatic N) is 2. The zero-order chi connectivity index (χ0) is 12.6. The fraction of sp³-hybridized carbons (Fsp3) is 0.786. The number of rotatable bonds is 3. The first kappa shape index (κ1) is 12.6. The maximum atomic E-state index is 6.40. The highest BCUT2D eigenvalue weighted by molar-refractivity contribution is 5.13. The highest BCUT2D eigenvalue weighted by atomic mass is 15.3. The summed E-state index contributed by atoms with van der Waals surface area (Å²) in [6, 6.07) is 2.84. The van der Waals surface area contributed by atoms with Gasteiger partial charge in [0.05, 0.1) is 11.7 Å². The van der Waals surface area contributed by atoms with Gasteiger partial charge in [0.2, 0.25) is 0 Å². The van der Waals surface area contributed by atoms with Gasteiger partial charge in [-0.1, -0.05) is 27.7 Å². The fourth-order valence-corrected chi connectivity index (χ4v) is 2.88. The normalized spacial score (nSPS) is 27.6. The van der Waals surface area contributed by atoms with E-state index >= 15 is 0 Å². The lowest BCUT2D eigenvalue weighted by Crippen LogP contribution is -2.38. The van der Waals surface area contributed by atoms with Gasteiger partial charge in [-0.3, -0.25) is 4.68 Å². The number of hydrogen-bond acceptors (Lipinski definition) is 2. The van der Waals surface area contributed by atoms with Gasteiger partial charge >= 0.3 is 0 Å². The molecule has 2 atom stereocenters. The molecule has 2 unspecified atom stereocenters. The SMILES string of the molecule is CCc1cc(CC)n(C2CCC(C)(C)C2N)n1. The predicted octanol–water partition coefficient (Wildman–Crippen LogP) is 2.70. The second-order valence-electron chi connectivity index (χ2n) is 5.90. The Bertz CT molecular complexity index is 392. The van der Waals surface area contributed by atoms with E-state index in [4.69, 9.17) is 10.8 Å². The smallest absolute Gasteiger partial charge is 0.0678 e. The summed E-state index contributed by atoms with van der Waals surface area (Å²) in [4.78, 5) is 0. The van der Waals surface area contributed by atoms with Gasteiger partial charge in [0.1, 0.15) is 0 Å². The average Bonchev–Trinajstić information content (AvgIpc) is 2.82. The Morgan fingerprint density at radius 2 is 2.12 bits per heavy atom. The van der Waals surface area contributed by atoms with Gasteiger partial charge in [-0.2, -0.15) is 5.10 Å². The molecule has 3 heteroatoms. The Kier molecular flexibility index (Phi) is 3.30. The van der Waals surface area contributed by atoms with Crippen LogP contribution in [0.4, 0.5) is 0 Å². The molecule has 17 heavy (non-hydrogen) atoms. The number of aryl methyl sites for hydroxylation is 2. The molecule has 0 amide bonds. The van der Waals surface area contributed by atoms with Crippen molar-refractivity contribution < 1.29 is 0 Å². The highest BCUT2D eigenvalue weighted by Gasteiger charge is 2.41. The molecule has 3 nitrogen and oxygen atoms in total. The van der Waals surface area contributed by atoms with Crippen LogP contribution in [0.1, 0.15) is 58.0 Å². The third-order valence-electron chi connectivity index (χ3n) is 4.30. The second kappa shape index (κ2) is 4.45. The topological polar surface area (TPSA) is 43.8 Å². The van der Waals surface area contributed by atoms with Gasteiger partial charge in [0.15, 0.2) is 0 Å². The first-order valence-corrected chi connectivity index (χ1v) is 6.82. The molecule has 1 aliphatic carbocycles. The van der Waals surface area contributed by atoms with Crippen molar-refractivity contribution in [1.82, 2.24) is 9.78 Å². The van der Waals surface area contributed by atoms with E-state index in [1.807, 2.05) is 0 Å². The Hall–Kier alpha value is -0.830. The molecule has 2 rings (SSSR count). The van der Waals surface area contributed by atoms with Crippen LogP contribution in [0.3, 0.4) is 0 Å². The van der Waals surface area contributed by atoms with Crippen molar-refractivity contribution in [1.29, 1.82) is 0 Å². The first-order chi connectivity index (χ1) is 7.99. The quantitative estimate of drug-likeness (QED) is 0.875. The van der Waals surface area contributed by atoms with Crippen molar-refractivity contribution in [3.63, 3.8) is 0 Å². The van der Waals surface area contributed by atoms with Crippen LogP contribution >= 0.6 is 0 Å². The van der Waals surface area contributed by atoms with E-state index < -0.39 is 0 Å². The Labute approximate surface area is 104 Å².